The van der Waals surface area contributed by atoms with Crippen LogP contribution in [0.15, 0.2) is 15.8 Å². The second-order valence-corrected chi connectivity index (χ2v) is 7.19. The molecule has 35 heavy (non-hydrogen) atoms. The third-order valence-electron chi connectivity index (χ3n) is 4.93. The second kappa shape index (κ2) is 8.36. The van der Waals surface area contributed by atoms with Crippen LogP contribution in [-0.2, 0) is 10.7 Å². The van der Waals surface area contributed by atoms with E-state index in [2.05, 4.69) is 0 Å². The highest BCUT2D eigenvalue weighted by molar-refractivity contribution is 5.21. The minimum Gasteiger partial charge on any atom is -0.394 e. The molecule has 0 amide bonds. The van der Waals surface area contributed by atoms with Crippen LogP contribution in [0.3, 0.4) is 0 Å². The first-order chi connectivity index (χ1) is 15.5. The molecule has 0 spiro atoms. The van der Waals surface area contributed by atoms with Crippen molar-refractivity contribution in [2.45, 2.75) is 60.6 Å². The van der Waals surface area contributed by atoms with Crippen LogP contribution in [0.1, 0.15) is 18.2 Å². The number of rotatable bonds is 7. The number of alkyl halides is 13. The Balaban J connectivity index is 2.66. The van der Waals surface area contributed by atoms with Crippen molar-refractivity contribution in [3.05, 3.63) is 32.6 Å². The lowest BCUT2D eigenvalue weighted by atomic mass is 9.91. The van der Waals surface area contributed by atoms with Crippen LogP contribution >= 0.6 is 0 Å². The number of hydrogen-bond acceptors (Lipinski definition) is 5. The fourth-order valence-electron chi connectivity index (χ4n) is 2.91. The van der Waals surface area contributed by atoms with Crippen LogP contribution in [0, 0.1) is 0 Å². The lowest BCUT2D eigenvalue weighted by Gasteiger charge is -2.39. The zero-order chi connectivity index (χ0) is 27.6. The van der Waals surface area contributed by atoms with Crippen LogP contribution in [0.2, 0.25) is 0 Å². The maximum Gasteiger partial charge on any atom is 0.460 e. The summed E-state index contributed by atoms with van der Waals surface area (Å²) in [6, 6.07) is 0. The third kappa shape index (κ3) is 4.07. The van der Waals surface area contributed by atoms with E-state index in [-0.39, 0.29) is 4.57 Å². The summed E-state index contributed by atoms with van der Waals surface area (Å²) in [7, 11) is 0. The Morgan fingerprint density at radius 2 is 1.37 bits per heavy atom. The average Bonchev–Trinajstić information content (AvgIpc) is 3.06. The van der Waals surface area contributed by atoms with E-state index in [4.69, 9.17) is 9.84 Å². The van der Waals surface area contributed by atoms with Gasteiger partial charge < -0.3 is 14.9 Å². The van der Waals surface area contributed by atoms with Gasteiger partial charge in [-0.15, -0.1) is 0 Å². The van der Waals surface area contributed by atoms with Crippen LogP contribution in [0.25, 0.3) is 0 Å². The molecular weight excluding hydrogens is 535 g/mol. The largest absolute Gasteiger partial charge is 0.460 e. The fourth-order valence-corrected chi connectivity index (χ4v) is 2.91. The van der Waals surface area contributed by atoms with Crippen molar-refractivity contribution < 1.29 is 72.0 Å². The number of nitrogens with one attached hydrogen (secondary N) is 1. The molecule has 1 aliphatic rings. The molecule has 0 bridgehead atoms. The average molecular weight is 546 g/mol. The van der Waals surface area contributed by atoms with Gasteiger partial charge in [-0.1, -0.05) is 0 Å². The maximum absolute atomic E-state index is 14.4. The minimum atomic E-state index is -8.17. The number of aromatic nitrogens is 2. The predicted octanol–water partition coefficient (Wildman–Crippen LogP) is 2.37. The monoisotopic (exact) mass is 546 g/mol. The van der Waals surface area contributed by atoms with Crippen molar-refractivity contribution in [2.75, 3.05) is 6.61 Å². The molecule has 0 aliphatic carbocycles. The molecule has 0 saturated carbocycles. The van der Waals surface area contributed by atoms with Crippen molar-refractivity contribution in [2.24, 2.45) is 0 Å². The quantitative estimate of drug-likeness (QED) is 0.456. The van der Waals surface area contributed by atoms with E-state index in [0.29, 0.717) is 0 Å². The molecule has 3 N–H and O–H groups in total. The fraction of sp³-hybridized carbons (Fsp3) is 0.733. The van der Waals surface area contributed by atoms with Crippen LogP contribution < -0.4 is 11.2 Å². The molecule has 1 fully saturated rings. The number of hydrogen-bond donors (Lipinski definition) is 3. The van der Waals surface area contributed by atoms with Gasteiger partial charge in [0.2, 0.25) is 0 Å². The lowest BCUT2D eigenvalue weighted by Crippen LogP contribution is -2.69. The Labute approximate surface area is 182 Å². The molecule has 1 aromatic rings. The standard InChI is InChI=1S/C15H11F13N2O5/c16-10(17,11(18,19)12(20,21)13(22,23)14(24,25)15(26,27)28)4-2-30(9(34)29-8(4)33)7-1-5(32)6(3-31)35-7/h2,5-7,31-32H,1,3H2,(H,29,33,34)/t5-,6+,7+/m0/s1. The highest BCUT2D eigenvalue weighted by atomic mass is 19.4. The molecule has 20 heteroatoms. The third-order valence-corrected chi connectivity index (χ3v) is 4.93. The maximum atomic E-state index is 14.4. The van der Waals surface area contributed by atoms with Gasteiger partial charge in [0.25, 0.3) is 5.56 Å². The van der Waals surface area contributed by atoms with Crippen molar-refractivity contribution in [3.8, 4) is 0 Å². The number of halogens is 13. The van der Waals surface area contributed by atoms with E-state index in [0.717, 1.165) is 4.98 Å². The van der Waals surface area contributed by atoms with Crippen LogP contribution in [0.4, 0.5) is 57.1 Å². The molecule has 0 radical (unpaired) electrons. The van der Waals surface area contributed by atoms with Gasteiger partial charge in [0, 0.05) is 12.6 Å². The Morgan fingerprint density at radius 3 is 1.80 bits per heavy atom. The van der Waals surface area contributed by atoms with Crippen LogP contribution in [-0.4, -0.2) is 68.4 Å². The van der Waals surface area contributed by atoms with Gasteiger partial charge in [-0.3, -0.25) is 14.3 Å². The summed E-state index contributed by atoms with van der Waals surface area (Å²) in [5.41, 5.74) is -7.33. The Bertz CT molecular complexity index is 1060. The molecule has 0 aromatic carbocycles. The topological polar surface area (TPSA) is 105 Å². The van der Waals surface area contributed by atoms with Crippen molar-refractivity contribution in [1.82, 2.24) is 9.55 Å². The molecular formula is C15H11F13N2O5. The number of aliphatic hydroxyl groups excluding tert-OH is 2. The Morgan fingerprint density at radius 1 is 0.886 bits per heavy atom. The summed E-state index contributed by atoms with van der Waals surface area (Å²) in [4.78, 5) is 24.4. The second-order valence-electron chi connectivity index (χ2n) is 7.19. The smallest absolute Gasteiger partial charge is 0.394 e. The number of aliphatic hydroxyl groups is 2. The molecule has 2 rings (SSSR count). The first-order valence-electron chi connectivity index (χ1n) is 8.75. The molecule has 1 aliphatic heterocycles. The summed E-state index contributed by atoms with van der Waals surface area (Å²) in [6.45, 7) is -0.953. The molecule has 3 atom stereocenters. The Kier molecular flexibility index (Phi) is 6.90. The van der Waals surface area contributed by atoms with E-state index < -0.39 is 90.3 Å². The SMILES string of the molecule is O=c1[nH]c(=O)n([C@H]2C[C@H](O)[C@@H](CO)O2)cc1C(F)(F)C(F)(F)C(F)(F)C(F)(F)C(F)(F)C(F)(F)F. The summed E-state index contributed by atoms with van der Waals surface area (Å²) in [5, 5.41) is 18.5. The number of nitrogens with zero attached hydrogens (tertiary/aromatic N) is 1. The zero-order valence-electron chi connectivity index (χ0n) is 16.2. The van der Waals surface area contributed by atoms with E-state index in [1.807, 2.05) is 0 Å². The number of ether oxygens (including phenoxy) is 1. The first-order valence-corrected chi connectivity index (χ1v) is 8.75. The summed E-state index contributed by atoms with van der Waals surface area (Å²) >= 11 is 0. The highest BCUT2D eigenvalue weighted by Gasteiger charge is 2.91. The van der Waals surface area contributed by atoms with E-state index in [9.17, 15) is 71.8 Å². The van der Waals surface area contributed by atoms with Gasteiger partial charge in [-0.05, 0) is 0 Å². The Hall–Kier alpha value is -2.35. The molecule has 202 valence electrons. The minimum absolute atomic E-state index is 0.222. The zero-order valence-corrected chi connectivity index (χ0v) is 16.2. The van der Waals surface area contributed by atoms with Gasteiger partial charge in [0.15, 0.2) is 0 Å². The summed E-state index contributed by atoms with van der Waals surface area (Å²) in [5.74, 6) is -39.0. The van der Waals surface area contributed by atoms with Crippen molar-refractivity contribution in [1.29, 1.82) is 0 Å². The number of aromatic amines is 1. The van der Waals surface area contributed by atoms with Gasteiger partial charge in [0.05, 0.1) is 12.7 Å². The van der Waals surface area contributed by atoms with Gasteiger partial charge in [-0.2, -0.15) is 57.1 Å². The highest BCUT2D eigenvalue weighted by Crippen LogP contribution is 2.61. The van der Waals surface area contributed by atoms with Crippen molar-refractivity contribution in [3.63, 3.8) is 0 Å². The lowest BCUT2D eigenvalue weighted by molar-refractivity contribution is -0.441. The molecule has 0 unspecified atom stereocenters. The predicted molar refractivity (Wildman–Crippen MR) is 82.7 cm³/mol. The van der Waals surface area contributed by atoms with Gasteiger partial charge in [0.1, 0.15) is 17.9 Å². The number of H-pyrrole nitrogens is 1. The molecule has 1 saturated heterocycles. The van der Waals surface area contributed by atoms with E-state index in [1.165, 1.54) is 0 Å². The van der Waals surface area contributed by atoms with Crippen LogP contribution in [0.5, 0.6) is 0 Å². The van der Waals surface area contributed by atoms with E-state index in [1.54, 1.807) is 0 Å². The van der Waals surface area contributed by atoms with Crippen molar-refractivity contribution >= 4 is 0 Å². The van der Waals surface area contributed by atoms with E-state index >= 15 is 0 Å². The first kappa shape index (κ1) is 28.9. The normalized spacial score (nSPS) is 23.1. The molecule has 2 heterocycles. The molecule has 1 aromatic heterocycles. The summed E-state index contributed by atoms with van der Waals surface area (Å²) in [6.07, 6.45) is -14.0. The van der Waals surface area contributed by atoms with Gasteiger partial charge >= 0.3 is 41.5 Å². The van der Waals surface area contributed by atoms with Gasteiger partial charge in [-0.25, -0.2) is 4.79 Å². The summed E-state index contributed by atoms with van der Waals surface area (Å²) < 4.78 is 178. The molecule has 7 nitrogen and oxygen atoms in total.